The van der Waals surface area contributed by atoms with Gasteiger partial charge in [-0.25, -0.2) is 4.98 Å². The van der Waals surface area contributed by atoms with E-state index in [9.17, 15) is 32.7 Å². The van der Waals surface area contributed by atoms with Gasteiger partial charge < -0.3 is 9.84 Å². The van der Waals surface area contributed by atoms with Gasteiger partial charge >= 0.3 is 6.18 Å². The van der Waals surface area contributed by atoms with Crippen LogP contribution in [0.3, 0.4) is 0 Å². The molecule has 17 heteroatoms. The average molecular weight is 949 g/mol. The number of phenolic OH excluding ortho intramolecular Hbond substituents is 1. The van der Waals surface area contributed by atoms with E-state index < -0.39 is 69.5 Å². The smallest absolute Gasteiger partial charge is 0.417 e. The molecule has 2 aliphatic carbocycles. The van der Waals surface area contributed by atoms with Crippen molar-refractivity contribution in [1.82, 2.24) is 14.9 Å². The van der Waals surface area contributed by atoms with Crippen molar-refractivity contribution >= 4 is 84.5 Å². The summed E-state index contributed by atoms with van der Waals surface area (Å²) in [5.41, 5.74) is 1.82. The Morgan fingerprint density at radius 2 is 1.67 bits per heavy atom. The lowest BCUT2D eigenvalue weighted by atomic mass is 9.49. The van der Waals surface area contributed by atoms with Gasteiger partial charge in [-0.1, -0.05) is 77.3 Å². The number of anilines is 1. The fourth-order valence-corrected chi connectivity index (χ4v) is 10.4. The zero-order valence-electron chi connectivity index (χ0n) is 29.5. The van der Waals surface area contributed by atoms with Crippen molar-refractivity contribution in [3.63, 3.8) is 0 Å². The maximum atomic E-state index is 15.5. The van der Waals surface area contributed by atoms with Crippen LogP contribution in [0.25, 0.3) is 0 Å². The number of carbonyl (C=O) groups excluding carboxylic acids is 4. The summed E-state index contributed by atoms with van der Waals surface area (Å²) in [6.07, 6.45) is -2.27. The molecule has 3 fully saturated rings. The van der Waals surface area contributed by atoms with Gasteiger partial charge in [-0.3, -0.25) is 29.5 Å². The van der Waals surface area contributed by atoms with Gasteiger partial charge in [0.25, 0.3) is 11.8 Å². The minimum atomic E-state index is -4.76. The number of carbonyl (C=O) groups is 4. The van der Waals surface area contributed by atoms with Crippen LogP contribution in [0.15, 0.2) is 93.5 Å². The van der Waals surface area contributed by atoms with Crippen molar-refractivity contribution in [2.24, 2.45) is 23.7 Å². The number of aromatic hydroxyl groups is 1. The maximum absolute atomic E-state index is 15.5. The lowest BCUT2D eigenvalue weighted by molar-refractivity contribution is -0.142. The third-order valence-corrected chi connectivity index (χ3v) is 14.2. The highest BCUT2D eigenvalue weighted by atomic mass is 79.9. The standard InChI is InChI=1S/C40H29Br2Cl2F3N4O6/c1-57-28-15-25(31(41)32(42)33(28)52)30-22-11-12-23-29(37(55)50(35(23)53)17-18-5-3-2-4-6-18)24(22)14-26-36(54)51(38(56)39(26,30)19-7-9-21(43)10-8-19)49-34-27(44)13-20(16-48-34)40(45,46)47/h2-11,13,15-16,23-24,26,29-30,52H,12,14,17H2,1H3,(H,48,49). The van der Waals surface area contributed by atoms with Gasteiger partial charge in [-0.15, -0.1) is 0 Å². The number of nitrogens with one attached hydrogen (secondary N) is 1. The SMILES string of the molecule is COc1cc(C2C3=CCC4C(=O)N(Cc5ccccc5)C(=O)C4C3CC3C(=O)N(Nc4ncc(C(F)(F)F)cc4Cl)C(=O)C32c2ccc(Cl)cc2)c(Br)c(Br)c1O. The first-order chi connectivity index (χ1) is 27.1. The molecule has 8 rings (SSSR count). The van der Waals surface area contributed by atoms with Gasteiger partial charge in [-0.05, 0) is 91.6 Å². The van der Waals surface area contributed by atoms with E-state index in [1.807, 2.05) is 36.4 Å². The summed E-state index contributed by atoms with van der Waals surface area (Å²) in [7, 11) is 1.35. The molecule has 0 radical (unpaired) electrons. The maximum Gasteiger partial charge on any atom is 0.417 e. The molecule has 3 heterocycles. The lowest BCUT2D eigenvalue weighted by Gasteiger charge is -2.51. The number of phenols is 1. The normalized spacial score (nSPS) is 25.6. The summed E-state index contributed by atoms with van der Waals surface area (Å²) < 4.78 is 46.7. The first-order valence-electron chi connectivity index (χ1n) is 17.6. The molecule has 6 atom stereocenters. The molecular formula is C40H29Br2Cl2F3N4O6. The van der Waals surface area contributed by atoms with E-state index in [0.717, 1.165) is 5.56 Å². The molecule has 2 saturated heterocycles. The van der Waals surface area contributed by atoms with Crippen LogP contribution < -0.4 is 10.2 Å². The fourth-order valence-electron chi connectivity index (χ4n) is 9.09. The number of allylic oxidation sites excluding steroid dienone is 2. The zero-order chi connectivity index (χ0) is 40.7. The first kappa shape index (κ1) is 39.4. The minimum Gasteiger partial charge on any atom is -0.503 e. The van der Waals surface area contributed by atoms with Crippen LogP contribution in [0.2, 0.25) is 10.0 Å². The first-order valence-corrected chi connectivity index (χ1v) is 19.9. The second-order valence-electron chi connectivity index (χ2n) is 14.3. The Kier molecular flexibility index (Phi) is 9.97. The number of fused-ring (bicyclic) bond motifs is 4. The number of methoxy groups -OCH3 is 1. The van der Waals surface area contributed by atoms with E-state index in [-0.39, 0.29) is 47.1 Å². The molecule has 294 valence electrons. The highest BCUT2D eigenvalue weighted by molar-refractivity contribution is 9.13. The molecule has 4 aromatic rings. The molecule has 10 nitrogen and oxygen atoms in total. The van der Waals surface area contributed by atoms with Gasteiger partial charge in [0.05, 0.1) is 51.9 Å². The Morgan fingerprint density at radius 3 is 2.32 bits per heavy atom. The van der Waals surface area contributed by atoms with Crippen LogP contribution >= 0.6 is 55.1 Å². The van der Waals surface area contributed by atoms with Crippen molar-refractivity contribution in [3.05, 3.63) is 126 Å². The number of imide groups is 2. The van der Waals surface area contributed by atoms with E-state index >= 15 is 4.79 Å². The molecule has 57 heavy (non-hydrogen) atoms. The monoisotopic (exact) mass is 946 g/mol. The van der Waals surface area contributed by atoms with Crippen molar-refractivity contribution in [2.45, 2.75) is 36.9 Å². The Hall–Kier alpha value is -4.44. The molecule has 1 saturated carbocycles. The van der Waals surface area contributed by atoms with Crippen molar-refractivity contribution in [3.8, 4) is 11.5 Å². The van der Waals surface area contributed by atoms with Crippen molar-refractivity contribution in [2.75, 3.05) is 12.5 Å². The van der Waals surface area contributed by atoms with Crippen molar-refractivity contribution < 1.29 is 42.2 Å². The Bertz CT molecular complexity index is 2400. The number of amides is 4. The highest BCUT2D eigenvalue weighted by Gasteiger charge is 2.70. The summed E-state index contributed by atoms with van der Waals surface area (Å²) in [5.74, 6) is -7.54. The quantitative estimate of drug-likeness (QED) is 0.139. The number of pyridine rings is 1. The molecule has 2 aliphatic heterocycles. The number of nitrogens with zero attached hydrogens (tertiary/aromatic N) is 3. The molecule has 1 aromatic heterocycles. The predicted molar refractivity (Wildman–Crippen MR) is 209 cm³/mol. The van der Waals surface area contributed by atoms with E-state index in [1.54, 1.807) is 30.3 Å². The number of aromatic nitrogens is 1. The minimum absolute atomic E-state index is 0.0351. The van der Waals surface area contributed by atoms with Crippen LogP contribution in [0, 0.1) is 23.7 Å². The molecule has 4 amide bonds. The number of hydrogen-bond donors (Lipinski definition) is 2. The topological polar surface area (TPSA) is 129 Å². The summed E-state index contributed by atoms with van der Waals surface area (Å²) in [5, 5.41) is 11.6. The lowest BCUT2D eigenvalue weighted by Crippen LogP contribution is -2.53. The third-order valence-electron chi connectivity index (χ3n) is 11.5. The Labute approximate surface area is 350 Å². The molecule has 0 bridgehead atoms. The van der Waals surface area contributed by atoms with Crippen LogP contribution in [-0.4, -0.2) is 50.7 Å². The summed E-state index contributed by atoms with van der Waals surface area (Å²) >= 11 is 19.7. The molecule has 0 spiro atoms. The largest absolute Gasteiger partial charge is 0.503 e. The number of halogens is 7. The van der Waals surface area contributed by atoms with Gasteiger partial charge in [-0.2, -0.15) is 18.2 Å². The molecule has 6 unspecified atom stereocenters. The predicted octanol–water partition coefficient (Wildman–Crippen LogP) is 8.83. The van der Waals surface area contributed by atoms with E-state index in [4.69, 9.17) is 27.9 Å². The summed E-state index contributed by atoms with van der Waals surface area (Å²) in [6.45, 7) is 0.0544. The zero-order valence-corrected chi connectivity index (χ0v) is 34.2. The van der Waals surface area contributed by atoms with Crippen LogP contribution in [0.5, 0.6) is 11.5 Å². The number of hydrogen-bond acceptors (Lipinski definition) is 8. The number of alkyl halides is 3. The van der Waals surface area contributed by atoms with Gasteiger partial charge in [0, 0.05) is 21.6 Å². The van der Waals surface area contributed by atoms with Crippen molar-refractivity contribution in [1.29, 1.82) is 0 Å². The molecular weight excluding hydrogens is 920 g/mol. The van der Waals surface area contributed by atoms with Gasteiger partial charge in [0.2, 0.25) is 11.8 Å². The van der Waals surface area contributed by atoms with E-state index in [2.05, 4.69) is 42.3 Å². The van der Waals surface area contributed by atoms with Gasteiger partial charge in [0.15, 0.2) is 17.3 Å². The summed E-state index contributed by atoms with van der Waals surface area (Å²) in [4.78, 5) is 64.0. The Morgan fingerprint density at radius 1 is 0.965 bits per heavy atom. The van der Waals surface area contributed by atoms with Crippen LogP contribution in [0.1, 0.15) is 41.0 Å². The Balaban J connectivity index is 1.33. The molecule has 4 aliphatic rings. The number of benzene rings is 3. The number of ether oxygens (including phenoxy) is 1. The van der Waals surface area contributed by atoms with Crippen LogP contribution in [0.4, 0.5) is 19.0 Å². The average Bonchev–Trinajstić information content (AvgIpc) is 3.55. The van der Waals surface area contributed by atoms with Gasteiger partial charge in [0.1, 0.15) is 0 Å². The van der Waals surface area contributed by atoms with E-state index in [0.29, 0.717) is 43.5 Å². The fraction of sp³-hybridized carbons (Fsp3) is 0.275. The number of hydrazine groups is 1. The molecule has 2 N–H and O–H groups in total. The second kappa shape index (κ2) is 14.4. The number of rotatable bonds is 7. The highest BCUT2D eigenvalue weighted by Crippen LogP contribution is 2.65. The molecule has 3 aromatic carbocycles. The van der Waals surface area contributed by atoms with Crippen LogP contribution in [-0.2, 0) is 37.3 Å². The summed E-state index contributed by atoms with van der Waals surface area (Å²) in [6, 6.07) is 17.7. The second-order valence-corrected chi connectivity index (χ2v) is 16.7. The third kappa shape index (κ3) is 6.14. The number of likely N-dealkylation sites (tertiary alicyclic amines) is 1. The van der Waals surface area contributed by atoms with E-state index in [1.165, 1.54) is 12.0 Å².